The van der Waals surface area contributed by atoms with Crippen molar-refractivity contribution in [3.8, 4) is 5.75 Å². The van der Waals surface area contributed by atoms with Crippen LogP contribution in [0.15, 0.2) is 18.2 Å². The van der Waals surface area contributed by atoms with Crippen LogP contribution >= 0.6 is 0 Å². The minimum Gasteiger partial charge on any atom is -0.494 e. The Morgan fingerprint density at radius 2 is 1.79 bits per heavy atom. The predicted octanol–water partition coefficient (Wildman–Crippen LogP) is 3.60. The number of halogens is 1. The van der Waals surface area contributed by atoms with Gasteiger partial charge in [0.1, 0.15) is 6.61 Å². The molecule has 0 radical (unpaired) electrons. The minimum absolute atomic E-state index is 0.00265. The fourth-order valence-electron chi connectivity index (χ4n) is 5.89. The van der Waals surface area contributed by atoms with Crippen molar-refractivity contribution in [2.24, 2.45) is 23.2 Å². The van der Waals surface area contributed by atoms with Gasteiger partial charge >= 0.3 is 5.97 Å². The van der Waals surface area contributed by atoms with Crippen LogP contribution < -0.4 is 10.1 Å². The fraction of sp³-hybridized carbons (Fsp3) is 0.636. The van der Waals surface area contributed by atoms with Crippen molar-refractivity contribution in [1.82, 2.24) is 5.32 Å². The van der Waals surface area contributed by atoms with Gasteiger partial charge in [-0.1, -0.05) is 6.07 Å². The molecule has 1 aromatic rings. The lowest BCUT2D eigenvalue weighted by Gasteiger charge is -2.55. The molecule has 0 spiro atoms. The number of amides is 1. The number of benzene rings is 1. The average Bonchev–Trinajstić information content (AvgIpc) is 2.65. The van der Waals surface area contributed by atoms with E-state index >= 15 is 0 Å². The Balaban J connectivity index is 1.21. The number of methoxy groups -OCH3 is 1. The molecule has 4 aliphatic rings. The van der Waals surface area contributed by atoms with E-state index in [9.17, 15) is 14.0 Å². The zero-order valence-corrected chi connectivity index (χ0v) is 16.3. The molecule has 0 heterocycles. The third-order valence-corrected chi connectivity index (χ3v) is 6.75. The molecule has 0 saturated heterocycles. The van der Waals surface area contributed by atoms with Crippen molar-refractivity contribution in [2.45, 2.75) is 51.6 Å². The zero-order valence-electron chi connectivity index (χ0n) is 16.3. The monoisotopic (exact) mass is 389 g/mol. The Bertz CT molecular complexity index is 728. The largest absolute Gasteiger partial charge is 0.494 e. The molecule has 5 nitrogen and oxygen atoms in total. The maximum absolute atomic E-state index is 13.7. The fourth-order valence-corrected chi connectivity index (χ4v) is 5.89. The normalized spacial score (nSPS) is 30.1. The number of hydrogen-bond acceptors (Lipinski definition) is 4. The van der Waals surface area contributed by atoms with Crippen molar-refractivity contribution < 1.29 is 23.5 Å². The van der Waals surface area contributed by atoms with E-state index < -0.39 is 11.8 Å². The number of carbonyl (C=O) groups is 2. The Hall–Kier alpha value is -2.11. The summed E-state index contributed by atoms with van der Waals surface area (Å²) in [6, 6.07) is 4.45. The molecule has 1 aromatic carbocycles. The quantitative estimate of drug-likeness (QED) is 0.724. The Morgan fingerprint density at radius 1 is 1.14 bits per heavy atom. The van der Waals surface area contributed by atoms with Gasteiger partial charge < -0.3 is 14.8 Å². The smallest absolute Gasteiger partial charge is 0.307 e. The summed E-state index contributed by atoms with van der Waals surface area (Å²) >= 11 is 0. The highest BCUT2D eigenvalue weighted by Crippen LogP contribution is 2.60. The highest BCUT2D eigenvalue weighted by atomic mass is 19.1. The average molecular weight is 389 g/mol. The van der Waals surface area contributed by atoms with Crippen LogP contribution in [0.25, 0.3) is 0 Å². The van der Waals surface area contributed by atoms with Gasteiger partial charge in [-0.3, -0.25) is 9.59 Å². The Labute approximate surface area is 165 Å². The Kier molecular flexibility index (Phi) is 5.30. The second-order valence-electron chi connectivity index (χ2n) is 8.83. The summed E-state index contributed by atoms with van der Waals surface area (Å²) in [6.07, 6.45) is 7.05. The second-order valence-corrected chi connectivity index (χ2v) is 8.83. The van der Waals surface area contributed by atoms with E-state index in [1.807, 2.05) is 0 Å². The number of hydrogen-bond donors (Lipinski definition) is 1. The third kappa shape index (κ3) is 3.87. The van der Waals surface area contributed by atoms with Crippen LogP contribution in [0.5, 0.6) is 5.75 Å². The summed E-state index contributed by atoms with van der Waals surface area (Å²) < 4.78 is 23.7. The van der Waals surface area contributed by atoms with E-state index in [0.29, 0.717) is 23.3 Å². The lowest BCUT2D eigenvalue weighted by Crippen LogP contribution is -2.53. The first-order chi connectivity index (χ1) is 13.5. The molecule has 28 heavy (non-hydrogen) atoms. The first kappa shape index (κ1) is 19.2. The van der Waals surface area contributed by atoms with Crippen molar-refractivity contribution >= 4 is 11.9 Å². The van der Waals surface area contributed by atoms with Crippen molar-refractivity contribution in [3.63, 3.8) is 0 Å². The summed E-state index contributed by atoms with van der Waals surface area (Å²) in [7, 11) is 1.40. The molecule has 6 heteroatoms. The lowest BCUT2D eigenvalue weighted by molar-refractivity contribution is -0.147. The van der Waals surface area contributed by atoms with Gasteiger partial charge in [0.15, 0.2) is 11.6 Å². The maximum Gasteiger partial charge on any atom is 0.307 e. The van der Waals surface area contributed by atoms with Crippen molar-refractivity contribution in [2.75, 3.05) is 13.7 Å². The summed E-state index contributed by atoms with van der Waals surface area (Å²) in [5, 5.41) is 2.98. The lowest BCUT2D eigenvalue weighted by atomic mass is 9.49. The second kappa shape index (κ2) is 7.72. The first-order valence-electron chi connectivity index (χ1n) is 10.2. The van der Waals surface area contributed by atoms with Crippen LogP contribution in [0.3, 0.4) is 0 Å². The molecule has 4 aliphatic carbocycles. The van der Waals surface area contributed by atoms with Gasteiger partial charge in [0, 0.05) is 12.0 Å². The minimum atomic E-state index is -0.487. The van der Waals surface area contributed by atoms with E-state index in [0.717, 1.165) is 19.3 Å². The molecule has 1 N–H and O–H groups in total. The van der Waals surface area contributed by atoms with Crippen LogP contribution in [0.1, 0.15) is 50.5 Å². The molecule has 5 rings (SSSR count). The van der Waals surface area contributed by atoms with Gasteiger partial charge in [0.25, 0.3) is 0 Å². The standard InChI is InChI=1S/C22H28FNO4/c1-27-19-3-2-14(9-18(19)23)13-28-20(25)4-5-24-21(26)22-10-15-6-16(11-22)8-17(7-15)12-22/h2-3,9,15-17H,4-8,10-13H2,1H3,(H,24,26). The molecule has 0 atom stereocenters. The van der Waals surface area contributed by atoms with Crippen molar-refractivity contribution in [3.05, 3.63) is 29.6 Å². The summed E-state index contributed by atoms with van der Waals surface area (Å²) in [5.74, 6) is 1.53. The van der Waals surface area contributed by atoms with E-state index in [2.05, 4.69) is 5.32 Å². The van der Waals surface area contributed by atoms with Crippen LogP contribution in [-0.2, 0) is 20.9 Å². The van der Waals surface area contributed by atoms with Gasteiger partial charge in [0.05, 0.1) is 13.5 Å². The highest BCUT2D eigenvalue weighted by Gasteiger charge is 2.54. The number of nitrogens with one attached hydrogen (secondary N) is 1. The molecular weight excluding hydrogens is 361 g/mol. The maximum atomic E-state index is 13.7. The molecule has 4 fully saturated rings. The topological polar surface area (TPSA) is 64.6 Å². The highest BCUT2D eigenvalue weighted by molar-refractivity contribution is 5.83. The van der Waals surface area contributed by atoms with Crippen molar-refractivity contribution in [1.29, 1.82) is 0 Å². The van der Waals surface area contributed by atoms with Gasteiger partial charge in [-0.15, -0.1) is 0 Å². The van der Waals surface area contributed by atoms with Crippen LogP contribution in [0.2, 0.25) is 0 Å². The predicted molar refractivity (Wildman–Crippen MR) is 101 cm³/mol. The molecule has 0 unspecified atom stereocenters. The first-order valence-corrected chi connectivity index (χ1v) is 10.2. The zero-order chi connectivity index (χ0) is 19.7. The SMILES string of the molecule is COc1ccc(COC(=O)CCNC(=O)C23CC4CC(CC(C4)C2)C3)cc1F. The summed E-state index contributed by atoms with van der Waals surface area (Å²) in [6.45, 7) is 0.291. The number of carbonyl (C=O) groups excluding carboxylic acids is 2. The molecule has 4 saturated carbocycles. The third-order valence-electron chi connectivity index (χ3n) is 6.75. The van der Waals surface area contributed by atoms with Crippen LogP contribution in [0, 0.1) is 29.0 Å². The van der Waals surface area contributed by atoms with Gasteiger partial charge in [-0.25, -0.2) is 4.39 Å². The number of rotatable bonds is 7. The number of esters is 1. The summed E-state index contributed by atoms with van der Waals surface area (Å²) in [5.41, 5.74) is 0.364. The summed E-state index contributed by atoms with van der Waals surface area (Å²) in [4.78, 5) is 24.8. The van der Waals surface area contributed by atoms with E-state index in [1.54, 1.807) is 6.07 Å². The molecule has 152 valence electrons. The molecular formula is C22H28FNO4. The molecule has 1 amide bonds. The van der Waals surface area contributed by atoms with Gasteiger partial charge in [-0.2, -0.15) is 0 Å². The van der Waals surface area contributed by atoms with Gasteiger partial charge in [0.2, 0.25) is 5.91 Å². The van der Waals surface area contributed by atoms with E-state index in [-0.39, 0.29) is 36.6 Å². The molecule has 0 aromatic heterocycles. The van der Waals surface area contributed by atoms with Gasteiger partial charge in [-0.05, 0) is 74.0 Å². The van der Waals surface area contributed by atoms with E-state index in [1.165, 1.54) is 38.5 Å². The van der Waals surface area contributed by atoms with Crippen LogP contribution in [0.4, 0.5) is 4.39 Å². The molecule has 0 aliphatic heterocycles. The number of ether oxygens (including phenoxy) is 2. The van der Waals surface area contributed by atoms with E-state index in [4.69, 9.17) is 9.47 Å². The molecule has 4 bridgehead atoms. The Morgan fingerprint density at radius 3 is 2.36 bits per heavy atom. The van der Waals surface area contributed by atoms with Crippen LogP contribution in [-0.4, -0.2) is 25.5 Å².